The molecule has 100 valence electrons. The van der Waals surface area contributed by atoms with E-state index in [2.05, 4.69) is 66.8 Å². The highest BCUT2D eigenvalue weighted by Crippen LogP contribution is 2.19. The highest BCUT2D eigenvalue weighted by Gasteiger charge is 2.07. The molecule has 2 aromatic rings. The maximum Gasteiger partial charge on any atom is 0.0317 e. The lowest BCUT2D eigenvalue weighted by atomic mass is 9.99. The molecule has 0 saturated heterocycles. The zero-order valence-corrected chi connectivity index (χ0v) is 11.9. The number of hydrogen-bond acceptors (Lipinski definition) is 1. The quantitative estimate of drug-likeness (QED) is 0.810. The van der Waals surface area contributed by atoms with Gasteiger partial charge in [0.2, 0.25) is 0 Å². The van der Waals surface area contributed by atoms with Gasteiger partial charge in [-0.1, -0.05) is 60.2 Å². The van der Waals surface area contributed by atoms with Crippen molar-refractivity contribution in [3.63, 3.8) is 0 Å². The van der Waals surface area contributed by atoms with Gasteiger partial charge < -0.3 is 5.32 Å². The molecule has 2 aromatic carbocycles. The molecule has 0 saturated carbocycles. The number of aryl methyl sites for hydroxylation is 2. The minimum Gasteiger partial charge on any atom is -0.313 e. The first-order valence-corrected chi connectivity index (χ1v) is 7.07. The second-order valence-corrected chi connectivity index (χ2v) is 5.13. The fourth-order valence-corrected chi connectivity index (χ4v) is 2.54. The number of rotatable bonds is 6. The average molecular weight is 253 g/mol. The van der Waals surface area contributed by atoms with Crippen molar-refractivity contribution >= 4 is 0 Å². The maximum atomic E-state index is 3.42. The summed E-state index contributed by atoms with van der Waals surface area (Å²) in [6.45, 7) is 2.16. The van der Waals surface area contributed by atoms with Crippen LogP contribution in [0.25, 0.3) is 0 Å². The van der Waals surface area contributed by atoms with Gasteiger partial charge in [-0.15, -0.1) is 0 Å². The van der Waals surface area contributed by atoms with E-state index in [4.69, 9.17) is 0 Å². The molecule has 0 spiro atoms. The van der Waals surface area contributed by atoms with E-state index in [0.29, 0.717) is 6.04 Å². The highest BCUT2D eigenvalue weighted by molar-refractivity contribution is 5.22. The Morgan fingerprint density at radius 3 is 2.47 bits per heavy atom. The van der Waals surface area contributed by atoms with E-state index in [0.717, 1.165) is 6.42 Å². The van der Waals surface area contributed by atoms with E-state index in [9.17, 15) is 0 Å². The van der Waals surface area contributed by atoms with Crippen LogP contribution in [0.1, 0.15) is 35.6 Å². The minimum absolute atomic E-state index is 0.464. The highest BCUT2D eigenvalue weighted by atomic mass is 14.9. The zero-order chi connectivity index (χ0) is 13.5. The van der Waals surface area contributed by atoms with E-state index in [1.165, 1.54) is 29.5 Å². The van der Waals surface area contributed by atoms with E-state index in [1.54, 1.807) is 0 Å². The molecule has 1 N–H and O–H groups in total. The Balaban J connectivity index is 1.87. The zero-order valence-electron chi connectivity index (χ0n) is 11.9. The summed E-state index contributed by atoms with van der Waals surface area (Å²) in [4.78, 5) is 0. The van der Waals surface area contributed by atoms with Gasteiger partial charge in [-0.2, -0.15) is 0 Å². The molecule has 0 radical (unpaired) electrons. The molecular formula is C18H23N. The topological polar surface area (TPSA) is 12.0 Å². The van der Waals surface area contributed by atoms with Crippen molar-refractivity contribution in [2.24, 2.45) is 0 Å². The molecular weight excluding hydrogens is 230 g/mol. The summed E-state index contributed by atoms with van der Waals surface area (Å²) in [5.74, 6) is 0. The Hall–Kier alpha value is -1.60. The molecule has 1 unspecified atom stereocenters. The second-order valence-electron chi connectivity index (χ2n) is 5.13. The minimum atomic E-state index is 0.464. The standard InChI is InChI=1S/C18H23N/c1-15-8-6-9-16(14-15)10-7-13-18(19-2)17-11-4-3-5-12-17/h3-6,8-9,11-12,14,18-19H,7,10,13H2,1-2H3. The Morgan fingerprint density at radius 2 is 1.79 bits per heavy atom. The Bertz CT molecular complexity index is 490. The van der Waals surface area contributed by atoms with Crippen LogP contribution in [-0.4, -0.2) is 7.05 Å². The lowest BCUT2D eigenvalue weighted by molar-refractivity contribution is 0.527. The summed E-state index contributed by atoms with van der Waals surface area (Å²) >= 11 is 0. The van der Waals surface area contributed by atoms with Crippen molar-refractivity contribution in [2.45, 2.75) is 32.2 Å². The Kier molecular flexibility index (Phi) is 5.17. The number of hydrogen-bond donors (Lipinski definition) is 1. The van der Waals surface area contributed by atoms with Crippen molar-refractivity contribution in [3.8, 4) is 0 Å². The van der Waals surface area contributed by atoms with Gasteiger partial charge in [-0.3, -0.25) is 0 Å². The normalized spacial score (nSPS) is 12.3. The molecule has 1 heteroatoms. The smallest absolute Gasteiger partial charge is 0.0317 e. The van der Waals surface area contributed by atoms with Gasteiger partial charge in [0.05, 0.1) is 0 Å². The van der Waals surface area contributed by atoms with Crippen molar-refractivity contribution in [1.29, 1.82) is 0 Å². The molecule has 0 aromatic heterocycles. The van der Waals surface area contributed by atoms with Gasteiger partial charge >= 0.3 is 0 Å². The van der Waals surface area contributed by atoms with Crippen LogP contribution in [0.2, 0.25) is 0 Å². The van der Waals surface area contributed by atoms with Crippen molar-refractivity contribution in [2.75, 3.05) is 7.05 Å². The van der Waals surface area contributed by atoms with Crippen LogP contribution in [-0.2, 0) is 6.42 Å². The molecule has 2 rings (SSSR count). The first-order valence-electron chi connectivity index (χ1n) is 7.07. The Labute approximate surface area is 116 Å². The fraction of sp³-hybridized carbons (Fsp3) is 0.333. The van der Waals surface area contributed by atoms with Crippen LogP contribution in [0.3, 0.4) is 0 Å². The third kappa shape index (κ3) is 4.22. The summed E-state index contributed by atoms with van der Waals surface area (Å²) in [6, 6.07) is 20.0. The van der Waals surface area contributed by atoms with Gasteiger partial charge in [0, 0.05) is 6.04 Å². The molecule has 0 bridgehead atoms. The first-order chi connectivity index (χ1) is 9.29. The van der Waals surface area contributed by atoms with Crippen LogP contribution < -0.4 is 5.32 Å². The Morgan fingerprint density at radius 1 is 1.00 bits per heavy atom. The number of benzene rings is 2. The monoisotopic (exact) mass is 253 g/mol. The molecule has 0 aliphatic carbocycles. The van der Waals surface area contributed by atoms with Crippen LogP contribution >= 0.6 is 0 Å². The summed E-state index contributed by atoms with van der Waals surface area (Å²) in [6.07, 6.45) is 3.55. The van der Waals surface area contributed by atoms with Crippen molar-refractivity contribution in [3.05, 3.63) is 71.3 Å². The van der Waals surface area contributed by atoms with Crippen LogP contribution in [0.15, 0.2) is 54.6 Å². The van der Waals surface area contributed by atoms with Gasteiger partial charge in [-0.25, -0.2) is 0 Å². The SMILES string of the molecule is CNC(CCCc1cccc(C)c1)c1ccccc1. The average Bonchev–Trinajstić information content (AvgIpc) is 2.45. The fourth-order valence-electron chi connectivity index (χ4n) is 2.54. The lowest BCUT2D eigenvalue weighted by Crippen LogP contribution is -2.16. The lowest BCUT2D eigenvalue weighted by Gasteiger charge is -2.16. The maximum absolute atomic E-state index is 3.42. The van der Waals surface area contributed by atoms with Gasteiger partial charge in [0.15, 0.2) is 0 Å². The first kappa shape index (κ1) is 13.8. The van der Waals surface area contributed by atoms with E-state index < -0.39 is 0 Å². The van der Waals surface area contributed by atoms with Gasteiger partial charge in [0.25, 0.3) is 0 Å². The summed E-state index contributed by atoms with van der Waals surface area (Å²) in [5.41, 5.74) is 4.18. The largest absolute Gasteiger partial charge is 0.313 e. The van der Waals surface area contributed by atoms with Crippen LogP contribution in [0, 0.1) is 6.92 Å². The summed E-state index contributed by atoms with van der Waals surface area (Å²) in [7, 11) is 2.05. The second kappa shape index (κ2) is 7.10. The predicted molar refractivity (Wildman–Crippen MR) is 82.4 cm³/mol. The van der Waals surface area contributed by atoms with Crippen LogP contribution in [0.5, 0.6) is 0 Å². The third-order valence-corrected chi connectivity index (χ3v) is 3.59. The van der Waals surface area contributed by atoms with Gasteiger partial charge in [0.1, 0.15) is 0 Å². The van der Waals surface area contributed by atoms with Gasteiger partial charge in [-0.05, 0) is 44.4 Å². The molecule has 1 atom stereocenters. The summed E-state index contributed by atoms with van der Waals surface area (Å²) < 4.78 is 0. The van der Waals surface area contributed by atoms with E-state index in [-0.39, 0.29) is 0 Å². The van der Waals surface area contributed by atoms with Crippen LogP contribution in [0.4, 0.5) is 0 Å². The van der Waals surface area contributed by atoms with Crippen molar-refractivity contribution < 1.29 is 0 Å². The molecule has 1 nitrogen and oxygen atoms in total. The van der Waals surface area contributed by atoms with Crippen molar-refractivity contribution in [1.82, 2.24) is 5.32 Å². The molecule has 0 aliphatic rings. The summed E-state index contributed by atoms with van der Waals surface area (Å²) in [5, 5.41) is 3.42. The third-order valence-electron chi connectivity index (χ3n) is 3.59. The molecule has 19 heavy (non-hydrogen) atoms. The predicted octanol–water partition coefficient (Wildman–Crippen LogP) is 4.28. The molecule has 0 fully saturated rings. The van der Waals surface area contributed by atoms with E-state index in [1.807, 2.05) is 7.05 Å². The molecule has 0 heterocycles. The van der Waals surface area contributed by atoms with E-state index >= 15 is 0 Å². The number of nitrogens with one attached hydrogen (secondary N) is 1. The molecule has 0 amide bonds. The molecule has 0 aliphatic heterocycles.